The summed E-state index contributed by atoms with van der Waals surface area (Å²) < 4.78 is 10.7. The quantitative estimate of drug-likeness (QED) is 0.226. The van der Waals surface area contributed by atoms with E-state index < -0.39 is 73.8 Å². The molecular weight excluding hydrogens is 356 g/mol. The van der Waals surface area contributed by atoms with Gasteiger partial charge in [0.15, 0.2) is 6.23 Å². The van der Waals surface area contributed by atoms with Crippen LogP contribution in [0.4, 0.5) is 0 Å². The van der Waals surface area contributed by atoms with Gasteiger partial charge in [-0.2, -0.15) is 0 Å². The van der Waals surface area contributed by atoms with Crippen molar-refractivity contribution in [3.05, 3.63) is 0 Å². The molecule has 0 aromatic rings. The topological polar surface area (TPSA) is 205 Å². The number of aliphatic hydroxyl groups is 8. The number of amidine groups is 1. The van der Waals surface area contributed by atoms with Gasteiger partial charge in [0.1, 0.15) is 48.3 Å². The molecule has 12 nitrogen and oxygen atoms in total. The maximum atomic E-state index is 10.5. The summed E-state index contributed by atoms with van der Waals surface area (Å²) in [6.07, 6.45) is -11.1. The molecule has 0 amide bonds. The van der Waals surface area contributed by atoms with Gasteiger partial charge in [-0.15, -0.1) is 0 Å². The second-order valence-corrected chi connectivity index (χ2v) is 6.83. The summed E-state index contributed by atoms with van der Waals surface area (Å²) in [4.78, 5) is 3.95. The van der Waals surface area contributed by atoms with Crippen molar-refractivity contribution in [2.75, 3.05) is 13.2 Å². The van der Waals surface area contributed by atoms with E-state index in [-0.39, 0.29) is 12.4 Å². The van der Waals surface area contributed by atoms with Crippen LogP contribution in [0.15, 0.2) is 4.99 Å². The summed E-state index contributed by atoms with van der Waals surface area (Å²) in [5, 5.41) is 81.1. The summed E-state index contributed by atoms with van der Waals surface area (Å²) in [6.45, 7) is -1.47. The molecule has 150 valence electrons. The number of aliphatic imine (C=N–C) groups is 1. The SMILES string of the molecule is OCC1OC(N=C2NC3C(CC(O)C(O)C3(O)CO)O2)C(O)C(O)C1O. The number of ether oxygens (including phenoxy) is 2. The Morgan fingerprint density at radius 1 is 1.08 bits per heavy atom. The lowest BCUT2D eigenvalue weighted by molar-refractivity contribution is -0.227. The van der Waals surface area contributed by atoms with Crippen molar-refractivity contribution in [1.29, 1.82) is 0 Å². The molecule has 0 aromatic heterocycles. The molecule has 1 saturated carbocycles. The minimum atomic E-state index is -2.09. The smallest absolute Gasteiger partial charge is 0.288 e. The molecule has 2 heterocycles. The number of hydrogen-bond acceptors (Lipinski definition) is 11. The van der Waals surface area contributed by atoms with Crippen LogP contribution in [0, 0.1) is 0 Å². The summed E-state index contributed by atoms with van der Waals surface area (Å²) >= 11 is 0. The Bertz CT molecular complexity index is 548. The molecule has 2 saturated heterocycles. The van der Waals surface area contributed by atoms with Gasteiger partial charge in [-0.1, -0.05) is 0 Å². The molecule has 3 fully saturated rings. The molecule has 10 atom stereocenters. The minimum absolute atomic E-state index is 0.0468. The van der Waals surface area contributed by atoms with E-state index in [0.717, 1.165) is 0 Å². The van der Waals surface area contributed by atoms with Crippen LogP contribution in [0.25, 0.3) is 0 Å². The van der Waals surface area contributed by atoms with E-state index in [4.69, 9.17) is 9.47 Å². The number of hydrogen-bond donors (Lipinski definition) is 9. The summed E-state index contributed by atoms with van der Waals surface area (Å²) in [6, 6.07) is -1.20. The zero-order valence-corrected chi connectivity index (χ0v) is 13.7. The average Bonchev–Trinajstić information content (AvgIpc) is 3.03. The van der Waals surface area contributed by atoms with Crippen LogP contribution in [0.3, 0.4) is 0 Å². The largest absolute Gasteiger partial charge is 0.459 e. The summed E-state index contributed by atoms with van der Waals surface area (Å²) in [5.41, 5.74) is -2.09. The highest BCUT2D eigenvalue weighted by Gasteiger charge is 2.58. The van der Waals surface area contributed by atoms with Crippen LogP contribution in [-0.4, -0.2) is 121 Å². The van der Waals surface area contributed by atoms with Gasteiger partial charge < -0.3 is 55.6 Å². The number of nitrogens with zero attached hydrogens (tertiary/aromatic N) is 1. The fraction of sp³-hybridized carbons (Fsp3) is 0.929. The first-order chi connectivity index (χ1) is 12.2. The van der Waals surface area contributed by atoms with Gasteiger partial charge in [-0.25, -0.2) is 4.99 Å². The van der Waals surface area contributed by atoms with Crippen molar-refractivity contribution < 1.29 is 50.3 Å². The predicted molar refractivity (Wildman–Crippen MR) is 81.7 cm³/mol. The number of rotatable bonds is 3. The Kier molecular flexibility index (Phi) is 5.40. The second kappa shape index (κ2) is 7.14. The Morgan fingerprint density at radius 3 is 2.38 bits per heavy atom. The van der Waals surface area contributed by atoms with Gasteiger partial charge >= 0.3 is 0 Å². The van der Waals surface area contributed by atoms with Crippen molar-refractivity contribution in [3.63, 3.8) is 0 Å². The molecule has 9 N–H and O–H groups in total. The van der Waals surface area contributed by atoms with Crippen LogP contribution in [0.5, 0.6) is 0 Å². The Hall–Kier alpha value is -1.09. The van der Waals surface area contributed by atoms with Crippen molar-refractivity contribution in [2.45, 2.75) is 67.0 Å². The standard InChI is InChI=1S/C14H24N2O10/c17-2-6-7(20)8(21)9(22)12(25-6)16-13-15-10-5(26-13)1-4(19)11(23)14(10,24)3-18/h4-12,17-24H,1-3H2,(H,15,16). The van der Waals surface area contributed by atoms with Crippen LogP contribution in [0.2, 0.25) is 0 Å². The van der Waals surface area contributed by atoms with Gasteiger partial charge in [-0.05, 0) is 0 Å². The predicted octanol–water partition coefficient (Wildman–Crippen LogP) is -5.65. The molecule has 2 aliphatic heterocycles. The van der Waals surface area contributed by atoms with Crippen molar-refractivity contribution in [3.8, 4) is 0 Å². The maximum Gasteiger partial charge on any atom is 0.288 e. The molecule has 12 heteroatoms. The van der Waals surface area contributed by atoms with Crippen LogP contribution in [0.1, 0.15) is 6.42 Å². The van der Waals surface area contributed by atoms with Gasteiger partial charge in [0.2, 0.25) is 0 Å². The van der Waals surface area contributed by atoms with E-state index in [1.165, 1.54) is 0 Å². The van der Waals surface area contributed by atoms with Gasteiger partial charge in [-0.3, -0.25) is 0 Å². The fourth-order valence-electron chi connectivity index (χ4n) is 3.55. The Labute approximate surface area is 147 Å². The number of nitrogens with one attached hydrogen (secondary N) is 1. The molecule has 0 bridgehead atoms. The minimum Gasteiger partial charge on any atom is -0.459 e. The zero-order chi connectivity index (χ0) is 19.2. The molecular formula is C14H24N2O10. The van der Waals surface area contributed by atoms with E-state index in [0.29, 0.717) is 0 Å². The molecule has 0 spiro atoms. The van der Waals surface area contributed by atoms with E-state index in [2.05, 4.69) is 10.3 Å². The third-order valence-corrected chi connectivity index (χ3v) is 5.17. The van der Waals surface area contributed by atoms with E-state index in [1.54, 1.807) is 0 Å². The van der Waals surface area contributed by atoms with E-state index in [9.17, 15) is 40.9 Å². The Balaban J connectivity index is 1.79. The van der Waals surface area contributed by atoms with Crippen molar-refractivity contribution >= 4 is 6.02 Å². The van der Waals surface area contributed by atoms with Gasteiger partial charge in [0.25, 0.3) is 6.02 Å². The van der Waals surface area contributed by atoms with E-state index in [1.807, 2.05) is 0 Å². The van der Waals surface area contributed by atoms with Crippen LogP contribution < -0.4 is 5.32 Å². The second-order valence-electron chi connectivity index (χ2n) is 6.83. The first-order valence-electron chi connectivity index (χ1n) is 8.23. The molecule has 1 aliphatic carbocycles. The summed E-state index contributed by atoms with van der Waals surface area (Å²) in [7, 11) is 0. The van der Waals surface area contributed by atoms with Crippen LogP contribution >= 0.6 is 0 Å². The zero-order valence-electron chi connectivity index (χ0n) is 13.7. The third kappa shape index (κ3) is 3.06. The molecule has 0 aromatic carbocycles. The highest BCUT2D eigenvalue weighted by molar-refractivity contribution is 5.77. The number of fused-ring (bicyclic) bond motifs is 1. The van der Waals surface area contributed by atoms with Gasteiger partial charge in [0, 0.05) is 6.42 Å². The highest BCUT2D eigenvalue weighted by Crippen LogP contribution is 2.34. The number of aliphatic hydroxyl groups excluding tert-OH is 7. The lowest BCUT2D eigenvalue weighted by Gasteiger charge is -2.44. The normalized spacial score (nSPS) is 53.1. The molecule has 3 rings (SSSR count). The molecule has 26 heavy (non-hydrogen) atoms. The highest BCUT2D eigenvalue weighted by atomic mass is 16.6. The van der Waals surface area contributed by atoms with Crippen molar-refractivity contribution in [2.24, 2.45) is 4.99 Å². The molecule has 3 aliphatic rings. The van der Waals surface area contributed by atoms with E-state index >= 15 is 0 Å². The average molecular weight is 380 g/mol. The monoisotopic (exact) mass is 380 g/mol. The third-order valence-electron chi connectivity index (χ3n) is 5.17. The maximum absolute atomic E-state index is 10.5. The Morgan fingerprint density at radius 2 is 1.77 bits per heavy atom. The lowest BCUT2D eigenvalue weighted by Crippen LogP contribution is -2.68. The first-order valence-corrected chi connectivity index (χ1v) is 8.23. The van der Waals surface area contributed by atoms with Crippen LogP contribution in [-0.2, 0) is 9.47 Å². The summed E-state index contributed by atoms with van der Waals surface area (Å²) in [5.74, 6) is 0. The first kappa shape index (κ1) is 19.7. The van der Waals surface area contributed by atoms with Gasteiger partial charge in [0.05, 0.1) is 19.3 Å². The molecule has 0 radical (unpaired) electrons. The lowest BCUT2D eigenvalue weighted by atomic mass is 9.75. The van der Waals surface area contributed by atoms with Crippen molar-refractivity contribution in [1.82, 2.24) is 5.32 Å². The fourth-order valence-corrected chi connectivity index (χ4v) is 3.55. The molecule has 10 unspecified atom stereocenters.